The second-order valence-electron chi connectivity index (χ2n) is 6.92. The summed E-state index contributed by atoms with van der Waals surface area (Å²) in [4.78, 5) is 27.8. The van der Waals surface area contributed by atoms with Gasteiger partial charge in [-0.2, -0.15) is 5.26 Å². The van der Waals surface area contributed by atoms with Gasteiger partial charge in [-0.1, -0.05) is 0 Å². The summed E-state index contributed by atoms with van der Waals surface area (Å²) >= 11 is 0. The lowest BCUT2D eigenvalue weighted by atomic mass is 10.0. The number of carbonyl (C=O) groups is 2. The largest absolute Gasteiger partial charge is 0.331 e. The van der Waals surface area contributed by atoms with Crippen LogP contribution >= 0.6 is 0 Å². The molecule has 2 aliphatic rings. The molecule has 2 heterocycles. The van der Waals surface area contributed by atoms with Crippen molar-refractivity contribution in [3.05, 3.63) is 24.0 Å². The van der Waals surface area contributed by atoms with Crippen molar-refractivity contribution >= 4 is 11.9 Å². The molecule has 3 atom stereocenters. The fourth-order valence-corrected chi connectivity index (χ4v) is 3.91. The third-order valence-corrected chi connectivity index (χ3v) is 5.08. The number of nitrogens with one attached hydrogen (secondary N) is 1. The van der Waals surface area contributed by atoms with Crippen LogP contribution in [0.2, 0.25) is 0 Å². The van der Waals surface area contributed by atoms with Crippen molar-refractivity contribution in [1.82, 2.24) is 19.7 Å². The molecule has 7 heteroatoms. The van der Waals surface area contributed by atoms with Gasteiger partial charge < -0.3 is 15.1 Å². The number of hydrogen-bond acceptors (Lipinski definition) is 4. The van der Waals surface area contributed by atoms with Gasteiger partial charge in [0.05, 0.1) is 6.54 Å². The number of likely N-dealkylation sites (tertiary alicyclic amines) is 1. The van der Waals surface area contributed by atoms with E-state index in [1.54, 1.807) is 37.3 Å². The highest BCUT2D eigenvalue weighted by Gasteiger charge is 2.42. The monoisotopic (exact) mass is 329 g/mol. The summed E-state index contributed by atoms with van der Waals surface area (Å²) in [6.07, 6.45) is 3.61. The Balaban J connectivity index is 1.48. The highest BCUT2D eigenvalue weighted by Crippen LogP contribution is 2.38. The summed E-state index contributed by atoms with van der Waals surface area (Å²) in [7, 11) is 3.56. The number of fused-ring (bicyclic) bond motifs is 1. The molecule has 0 aromatic carbocycles. The highest BCUT2D eigenvalue weighted by molar-refractivity contribution is 5.82. The molecule has 0 radical (unpaired) electrons. The topological polar surface area (TPSA) is 81.4 Å². The van der Waals surface area contributed by atoms with E-state index in [9.17, 15) is 9.59 Å². The zero-order valence-corrected chi connectivity index (χ0v) is 14.1. The fraction of sp³-hybridized carbons (Fsp3) is 0.588. The molecule has 0 bridgehead atoms. The second kappa shape index (κ2) is 6.65. The predicted octanol–water partition coefficient (Wildman–Crippen LogP) is 0.982. The normalized spacial score (nSPS) is 25.4. The molecule has 1 aliphatic carbocycles. The van der Waals surface area contributed by atoms with E-state index in [-0.39, 0.29) is 18.5 Å². The van der Waals surface area contributed by atoms with Gasteiger partial charge in [0.15, 0.2) is 0 Å². The molecule has 1 saturated heterocycles. The van der Waals surface area contributed by atoms with Gasteiger partial charge in [0, 0.05) is 39.4 Å². The van der Waals surface area contributed by atoms with Gasteiger partial charge >= 0.3 is 6.03 Å². The lowest BCUT2D eigenvalue weighted by Crippen LogP contribution is -2.40. The third-order valence-electron chi connectivity index (χ3n) is 5.08. The zero-order chi connectivity index (χ0) is 17.3. The average molecular weight is 329 g/mol. The highest BCUT2D eigenvalue weighted by atomic mass is 16.2. The van der Waals surface area contributed by atoms with E-state index in [1.165, 1.54) is 4.57 Å². The maximum Gasteiger partial charge on any atom is 0.319 e. The van der Waals surface area contributed by atoms with Crippen molar-refractivity contribution in [3.8, 4) is 6.07 Å². The van der Waals surface area contributed by atoms with Gasteiger partial charge in [0.1, 0.15) is 11.8 Å². The number of hydrogen-bond donors (Lipinski definition) is 1. The average Bonchev–Trinajstić information content (AvgIpc) is 3.25. The van der Waals surface area contributed by atoms with Gasteiger partial charge in [0.25, 0.3) is 0 Å². The second-order valence-corrected chi connectivity index (χ2v) is 6.92. The Hall–Kier alpha value is -2.33. The minimum atomic E-state index is -0.113. The van der Waals surface area contributed by atoms with Gasteiger partial charge in [-0.15, -0.1) is 0 Å². The van der Waals surface area contributed by atoms with Crippen molar-refractivity contribution < 1.29 is 9.59 Å². The Bertz CT molecular complexity index is 661. The minimum absolute atomic E-state index is 0.0840. The Morgan fingerprint density at radius 1 is 1.33 bits per heavy atom. The molecule has 1 aliphatic heterocycles. The molecule has 1 saturated carbocycles. The van der Waals surface area contributed by atoms with Gasteiger partial charge in [-0.05, 0) is 36.8 Å². The molecule has 2 amide bonds. The van der Waals surface area contributed by atoms with Crippen LogP contribution in [0.5, 0.6) is 0 Å². The number of aromatic nitrogens is 1. The Morgan fingerprint density at radius 3 is 2.58 bits per heavy atom. The van der Waals surface area contributed by atoms with Crippen LogP contribution in [0.4, 0.5) is 4.79 Å². The van der Waals surface area contributed by atoms with Crippen LogP contribution in [0.15, 0.2) is 18.3 Å². The maximum absolute atomic E-state index is 12.2. The van der Waals surface area contributed by atoms with Crippen LogP contribution in [0.1, 0.15) is 23.3 Å². The van der Waals surface area contributed by atoms with Crippen molar-refractivity contribution in [3.63, 3.8) is 0 Å². The first-order valence-electron chi connectivity index (χ1n) is 8.30. The summed E-state index contributed by atoms with van der Waals surface area (Å²) in [6.45, 7) is 1.85. The third kappa shape index (κ3) is 3.15. The first-order chi connectivity index (χ1) is 11.5. The lowest BCUT2D eigenvalue weighted by Gasteiger charge is -2.23. The van der Waals surface area contributed by atoms with Crippen LogP contribution in [-0.2, 0) is 0 Å². The van der Waals surface area contributed by atoms with Gasteiger partial charge in [0.2, 0.25) is 5.91 Å². The number of nitrogens with zero attached hydrogens (tertiary/aromatic N) is 4. The smallest absolute Gasteiger partial charge is 0.319 e. The molecule has 1 aromatic rings. The van der Waals surface area contributed by atoms with E-state index < -0.39 is 0 Å². The number of carbonyl (C=O) groups excluding carboxylic acids is 2. The van der Waals surface area contributed by atoms with Crippen LogP contribution < -0.4 is 5.32 Å². The minimum Gasteiger partial charge on any atom is -0.331 e. The van der Waals surface area contributed by atoms with Crippen molar-refractivity contribution in [2.45, 2.75) is 18.9 Å². The molecule has 1 N–H and O–H groups in total. The van der Waals surface area contributed by atoms with E-state index in [1.807, 2.05) is 11.0 Å². The van der Waals surface area contributed by atoms with E-state index in [0.717, 1.165) is 25.9 Å². The quantitative estimate of drug-likeness (QED) is 0.896. The summed E-state index contributed by atoms with van der Waals surface area (Å²) in [6, 6.07) is 5.74. The molecule has 2 fully saturated rings. The molecule has 24 heavy (non-hydrogen) atoms. The van der Waals surface area contributed by atoms with E-state index in [0.29, 0.717) is 23.6 Å². The number of amides is 2. The number of urea groups is 1. The molecule has 0 spiro atoms. The van der Waals surface area contributed by atoms with E-state index in [4.69, 9.17) is 5.26 Å². The molecule has 3 rings (SSSR count). The number of nitriles is 1. The maximum atomic E-state index is 12.2. The van der Waals surface area contributed by atoms with Crippen LogP contribution in [0.3, 0.4) is 0 Å². The summed E-state index contributed by atoms with van der Waals surface area (Å²) in [5.74, 6) is 0.920. The van der Waals surface area contributed by atoms with Gasteiger partial charge in [-0.25, -0.2) is 4.79 Å². The SMILES string of the molecule is CN(C)C(=O)N1C[C@H]2CC(NCC(=O)n3cccc3C#N)C[C@H]2C1. The Morgan fingerprint density at radius 2 is 2.00 bits per heavy atom. The van der Waals surface area contributed by atoms with Crippen LogP contribution in [-0.4, -0.2) is 66.1 Å². The zero-order valence-electron chi connectivity index (χ0n) is 14.1. The molecule has 128 valence electrons. The molecular weight excluding hydrogens is 306 g/mol. The van der Waals surface area contributed by atoms with Crippen LogP contribution in [0, 0.1) is 23.2 Å². The first kappa shape index (κ1) is 16.5. The van der Waals surface area contributed by atoms with Crippen molar-refractivity contribution in [2.75, 3.05) is 33.7 Å². The molecule has 1 aromatic heterocycles. The summed E-state index contributed by atoms with van der Waals surface area (Å²) in [5, 5.41) is 12.3. The van der Waals surface area contributed by atoms with Gasteiger partial charge in [-0.3, -0.25) is 9.36 Å². The fourth-order valence-electron chi connectivity index (χ4n) is 3.91. The van der Waals surface area contributed by atoms with Crippen molar-refractivity contribution in [2.24, 2.45) is 11.8 Å². The predicted molar refractivity (Wildman–Crippen MR) is 88.4 cm³/mol. The van der Waals surface area contributed by atoms with E-state index >= 15 is 0 Å². The summed E-state index contributed by atoms with van der Waals surface area (Å²) in [5.41, 5.74) is 0.364. The number of rotatable bonds is 3. The molecular formula is C17H23N5O2. The molecule has 7 nitrogen and oxygen atoms in total. The van der Waals surface area contributed by atoms with Crippen LogP contribution in [0.25, 0.3) is 0 Å². The van der Waals surface area contributed by atoms with Crippen molar-refractivity contribution in [1.29, 1.82) is 5.26 Å². The summed E-state index contributed by atoms with van der Waals surface area (Å²) < 4.78 is 1.39. The standard InChI is InChI=1S/C17H23N5O2/c1-20(2)17(24)21-10-12-6-14(7-13(12)11-21)19-9-16(23)22-5-3-4-15(22)8-18/h3-5,12-14,19H,6-7,9-11H2,1-2H3/t12-,13+,14?. The first-order valence-corrected chi connectivity index (χ1v) is 8.30. The Kier molecular flexibility index (Phi) is 4.58. The van der Waals surface area contributed by atoms with E-state index in [2.05, 4.69) is 5.32 Å². The molecule has 1 unspecified atom stereocenters. The Labute approximate surface area is 141 Å². The lowest BCUT2D eigenvalue weighted by molar-refractivity contribution is 0.0907.